The Morgan fingerprint density at radius 3 is 2.78 bits per heavy atom. The number of hydrogen-bond donors (Lipinski definition) is 1. The van der Waals surface area contributed by atoms with Gasteiger partial charge < -0.3 is 10.5 Å². The highest BCUT2D eigenvalue weighted by Crippen LogP contribution is 2.34. The molecule has 18 heavy (non-hydrogen) atoms. The highest BCUT2D eigenvalue weighted by Gasteiger charge is 2.25. The molecule has 1 aliphatic rings. The van der Waals surface area contributed by atoms with E-state index in [2.05, 4.69) is 30.8 Å². The Morgan fingerprint density at radius 2 is 2.17 bits per heavy atom. The average molecular weight is 271 g/mol. The van der Waals surface area contributed by atoms with Crippen molar-refractivity contribution in [3.63, 3.8) is 0 Å². The Kier molecular flexibility index (Phi) is 4.04. The minimum Gasteiger partial charge on any atom is -0.358 e. The monoisotopic (exact) mass is 271 g/mol. The molecule has 1 aliphatic carbocycles. The zero-order chi connectivity index (χ0) is 13.3. The van der Waals surface area contributed by atoms with Gasteiger partial charge >= 0.3 is 0 Å². The van der Waals surface area contributed by atoms with Crippen molar-refractivity contribution in [1.29, 1.82) is 0 Å². The average Bonchev–Trinajstić information content (AvgIpc) is 2.76. The molecule has 1 aromatic rings. The summed E-state index contributed by atoms with van der Waals surface area (Å²) in [5.74, 6) is 1.15. The lowest BCUT2D eigenvalue weighted by molar-refractivity contribution is 0.0789. The van der Waals surface area contributed by atoms with Crippen LogP contribution in [-0.2, 0) is 17.9 Å². The summed E-state index contributed by atoms with van der Waals surface area (Å²) >= 11 is 0. The number of nitrogens with two attached hydrogens (primary N) is 1. The first-order valence-corrected chi connectivity index (χ1v) is 9.46. The van der Waals surface area contributed by atoms with Crippen LogP contribution in [0, 0.1) is 6.92 Å². The highest BCUT2D eigenvalue weighted by atomic mass is 32.3. The van der Waals surface area contributed by atoms with Crippen LogP contribution in [0.4, 0.5) is 0 Å². The van der Waals surface area contributed by atoms with E-state index in [0.29, 0.717) is 6.73 Å². The third kappa shape index (κ3) is 3.08. The van der Waals surface area contributed by atoms with E-state index in [1.54, 1.807) is 0 Å². The zero-order valence-corrected chi connectivity index (χ0v) is 12.7. The summed E-state index contributed by atoms with van der Waals surface area (Å²) in [6.07, 6.45) is 9.03. The maximum Gasteiger partial charge on any atom is 0.139 e. The predicted octanol–water partition coefficient (Wildman–Crippen LogP) is 1.81. The van der Waals surface area contributed by atoms with E-state index in [1.807, 2.05) is 4.68 Å². The van der Waals surface area contributed by atoms with E-state index in [-0.39, 0.29) is 6.04 Å². The van der Waals surface area contributed by atoms with Crippen molar-refractivity contribution < 1.29 is 4.74 Å². The molecule has 0 aliphatic heterocycles. The van der Waals surface area contributed by atoms with Crippen molar-refractivity contribution >= 4 is 10.0 Å². The molecule has 104 valence electrons. The summed E-state index contributed by atoms with van der Waals surface area (Å²) in [7, 11) is -0.469. The minimum atomic E-state index is -0.469. The topological polar surface area (TPSA) is 53.1 Å². The molecule has 1 unspecified atom stereocenters. The Hall–Kier alpha value is -0.520. The van der Waals surface area contributed by atoms with Crippen molar-refractivity contribution in [1.82, 2.24) is 9.78 Å². The molecule has 0 amide bonds. The maximum absolute atomic E-state index is 6.03. The van der Waals surface area contributed by atoms with Crippen LogP contribution in [0.15, 0.2) is 0 Å². The van der Waals surface area contributed by atoms with Crippen LogP contribution in [0.3, 0.4) is 0 Å². The first-order chi connectivity index (χ1) is 8.38. The van der Waals surface area contributed by atoms with Gasteiger partial charge in [0, 0.05) is 17.5 Å². The van der Waals surface area contributed by atoms with Gasteiger partial charge in [-0.25, -0.2) is 14.7 Å². The highest BCUT2D eigenvalue weighted by molar-refractivity contribution is 8.32. The second-order valence-corrected chi connectivity index (χ2v) is 10.5. The minimum absolute atomic E-state index is 0.124. The lowest BCUT2D eigenvalue weighted by Gasteiger charge is -2.24. The summed E-state index contributed by atoms with van der Waals surface area (Å²) in [5.41, 5.74) is 9.67. The summed E-state index contributed by atoms with van der Waals surface area (Å²) in [4.78, 5) is 0. The predicted molar refractivity (Wildman–Crippen MR) is 78.4 cm³/mol. The van der Waals surface area contributed by atoms with Gasteiger partial charge in [0.1, 0.15) is 6.73 Å². The SMILES string of the molecule is Cc1c2c(nn1COCCS(C)(C)C)C(N)CC2. The van der Waals surface area contributed by atoms with Crippen molar-refractivity contribution in [2.24, 2.45) is 5.73 Å². The number of rotatable bonds is 5. The fourth-order valence-electron chi connectivity index (χ4n) is 2.24. The summed E-state index contributed by atoms with van der Waals surface area (Å²) < 4.78 is 7.69. The zero-order valence-electron chi connectivity index (χ0n) is 11.9. The molecular formula is C13H25N3OS. The molecule has 0 fully saturated rings. The van der Waals surface area contributed by atoms with E-state index >= 15 is 0 Å². The van der Waals surface area contributed by atoms with E-state index in [4.69, 9.17) is 10.5 Å². The van der Waals surface area contributed by atoms with Gasteiger partial charge in [-0.3, -0.25) is 0 Å². The molecule has 2 N–H and O–H groups in total. The van der Waals surface area contributed by atoms with Crippen LogP contribution in [0.2, 0.25) is 0 Å². The molecule has 5 heteroatoms. The molecule has 1 atom stereocenters. The fourth-order valence-corrected chi connectivity index (χ4v) is 2.85. The van der Waals surface area contributed by atoms with Gasteiger partial charge in [-0.15, -0.1) is 0 Å². The molecule has 0 bridgehead atoms. The first-order valence-electron chi connectivity index (χ1n) is 6.44. The largest absolute Gasteiger partial charge is 0.358 e. The van der Waals surface area contributed by atoms with E-state index in [0.717, 1.165) is 30.9 Å². The molecule has 0 aromatic carbocycles. The van der Waals surface area contributed by atoms with Crippen LogP contribution in [-0.4, -0.2) is 40.9 Å². The Morgan fingerprint density at radius 1 is 1.44 bits per heavy atom. The lowest BCUT2D eigenvalue weighted by Crippen LogP contribution is -2.13. The van der Waals surface area contributed by atoms with E-state index < -0.39 is 10.0 Å². The van der Waals surface area contributed by atoms with Crippen LogP contribution in [0.25, 0.3) is 0 Å². The van der Waals surface area contributed by atoms with Crippen molar-refractivity contribution in [3.05, 3.63) is 17.0 Å². The molecule has 0 saturated heterocycles. The summed E-state index contributed by atoms with van der Waals surface area (Å²) in [5, 5.41) is 4.58. The van der Waals surface area contributed by atoms with Gasteiger partial charge in [-0.05, 0) is 44.1 Å². The third-order valence-corrected chi connectivity index (χ3v) is 4.86. The van der Waals surface area contributed by atoms with Crippen LogP contribution in [0.1, 0.15) is 29.4 Å². The number of fused-ring (bicyclic) bond motifs is 1. The molecular weight excluding hydrogens is 246 g/mol. The molecule has 2 rings (SSSR count). The lowest BCUT2D eigenvalue weighted by atomic mass is 10.2. The first kappa shape index (κ1) is 13.9. The van der Waals surface area contributed by atoms with Gasteiger partial charge in [0.15, 0.2) is 0 Å². The second-order valence-electron chi connectivity index (χ2n) is 5.93. The molecule has 0 radical (unpaired) electrons. The number of nitrogens with zero attached hydrogens (tertiary/aromatic N) is 2. The van der Waals surface area contributed by atoms with E-state index in [1.165, 1.54) is 11.3 Å². The van der Waals surface area contributed by atoms with Crippen molar-refractivity contribution in [2.45, 2.75) is 32.5 Å². The van der Waals surface area contributed by atoms with Crippen molar-refractivity contribution in [2.75, 3.05) is 31.1 Å². The van der Waals surface area contributed by atoms with Gasteiger partial charge in [0.25, 0.3) is 0 Å². The van der Waals surface area contributed by atoms with E-state index in [9.17, 15) is 0 Å². The van der Waals surface area contributed by atoms with Gasteiger partial charge in [0.2, 0.25) is 0 Å². The summed E-state index contributed by atoms with van der Waals surface area (Å²) in [6.45, 7) is 3.48. The Labute approximate surface area is 111 Å². The Bertz CT molecular complexity index is 423. The molecule has 4 nitrogen and oxygen atoms in total. The van der Waals surface area contributed by atoms with Crippen LogP contribution < -0.4 is 5.73 Å². The molecule has 0 spiro atoms. The second kappa shape index (κ2) is 5.23. The number of hydrogen-bond acceptors (Lipinski definition) is 3. The normalized spacial score (nSPS) is 20.2. The van der Waals surface area contributed by atoms with Gasteiger partial charge in [-0.2, -0.15) is 5.10 Å². The Balaban J connectivity index is 1.89. The quantitative estimate of drug-likeness (QED) is 0.831. The van der Waals surface area contributed by atoms with Crippen LogP contribution in [0.5, 0.6) is 0 Å². The maximum atomic E-state index is 6.03. The summed E-state index contributed by atoms with van der Waals surface area (Å²) in [6, 6.07) is 0.124. The standard InChI is InChI=1S/C13H25N3OS/c1-10-11-5-6-12(14)13(11)15-16(10)9-17-7-8-18(2,3)4/h12H,5-9,14H2,1-4H3. The van der Waals surface area contributed by atoms with Crippen LogP contribution >= 0.6 is 10.0 Å². The fraction of sp³-hybridized carbons (Fsp3) is 0.769. The van der Waals surface area contributed by atoms with Crippen molar-refractivity contribution in [3.8, 4) is 0 Å². The smallest absolute Gasteiger partial charge is 0.139 e. The third-order valence-electron chi connectivity index (χ3n) is 3.47. The number of ether oxygens (including phenoxy) is 1. The molecule has 1 aromatic heterocycles. The molecule has 1 heterocycles. The van der Waals surface area contributed by atoms with Gasteiger partial charge in [0.05, 0.1) is 12.3 Å². The van der Waals surface area contributed by atoms with Gasteiger partial charge in [-0.1, -0.05) is 0 Å². The number of aromatic nitrogens is 2. The molecule has 0 saturated carbocycles.